The maximum Gasteiger partial charge on any atom is 0.291 e. The highest BCUT2D eigenvalue weighted by molar-refractivity contribution is 9.10. The molecule has 1 N–H and O–H groups in total. The first-order valence-corrected chi connectivity index (χ1v) is 4.10. The van der Waals surface area contributed by atoms with E-state index in [1.807, 2.05) is 4.98 Å². The predicted octanol–water partition coefficient (Wildman–Crippen LogP) is 2.08. The Balaban J connectivity index is 3.29. The van der Waals surface area contributed by atoms with Crippen molar-refractivity contribution in [2.24, 2.45) is 0 Å². The van der Waals surface area contributed by atoms with Gasteiger partial charge in [-0.3, -0.25) is 4.79 Å². The number of methoxy groups -OCH3 is 1. The average molecular weight is 254 g/mol. The van der Waals surface area contributed by atoms with Crippen LogP contribution in [-0.2, 0) is 0 Å². The number of pyridine rings is 1. The molecule has 0 unspecified atom stereocenters. The van der Waals surface area contributed by atoms with Crippen molar-refractivity contribution in [3.8, 4) is 5.75 Å². The fourth-order valence-corrected chi connectivity index (χ4v) is 1.43. The lowest BCUT2D eigenvalue weighted by atomic mass is 10.3. The van der Waals surface area contributed by atoms with Crippen LogP contribution >= 0.6 is 15.9 Å². The lowest BCUT2D eigenvalue weighted by Crippen LogP contribution is -2.12. The van der Waals surface area contributed by atoms with Crippen LogP contribution in [0.3, 0.4) is 0 Å². The van der Waals surface area contributed by atoms with E-state index in [2.05, 4.69) is 20.7 Å². The van der Waals surface area contributed by atoms with E-state index in [0.29, 0.717) is 0 Å². The highest BCUT2D eigenvalue weighted by Crippen LogP contribution is 2.24. The van der Waals surface area contributed by atoms with E-state index in [1.54, 1.807) is 0 Å². The Kier molecular flexibility index (Phi) is 3.02. The van der Waals surface area contributed by atoms with Gasteiger partial charge in [-0.1, -0.05) is 0 Å². The van der Waals surface area contributed by atoms with Gasteiger partial charge >= 0.3 is 0 Å². The van der Waals surface area contributed by atoms with Crippen molar-refractivity contribution in [3.63, 3.8) is 0 Å². The summed E-state index contributed by atoms with van der Waals surface area (Å²) in [4.78, 5) is 13.1. The molecular weight excluding hydrogens is 248 g/mol. The zero-order valence-electron chi connectivity index (χ0n) is 6.61. The first kappa shape index (κ1) is 10.2. The third-order valence-electron chi connectivity index (χ3n) is 1.40. The molecule has 0 bridgehead atoms. The number of nitrogens with one attached hydrogen (secondary N) is 1. The first-order chi connectivity index (χ1) is 6.06. The summed E-state index contributed by atoms with van der Waals surface area (Å²) >= 11 is 2.95. The second-order valence-electron chi connectivity index (χ2n) is 2.24. The van der Waals surface area contributed by atoms with E-state index in [1.165, 1.54) is 7.11 Å². The number of ether oxygens (including phenoxy) is 1. The molecule has 1 heterocycles. The summed E-state index contributed by atoms with van der Waals surface area (Å²) in [6.07, 6.45) is -2.70. The maximum atomic E-state index is 12.1. The van der Waals surface area contributed by atoms with Crippen molar-refractivity contribution in [1.82, 2.24) is 4.98 Å². The van der Waals surface area contributed by atoms with Gasteiger partial charge in [0.15, 0.2) is 5.75 Å². The van der Waals surface area contributed by atoms with Crippen molar-refractivity contribution in [1.29, 1.82) is 0 Å². The van der Waals surface area contributed by atoms with E-state index < -0.39 is 17.7 Å². The number of aromatic amines is 1. The first-order valence-electron chi connectivity index (χ1n) is 3.31. The van der Waals surface area contributed by atoms with Crippen LogP contribution in [0.4, 0.5) is 8.78 Å². The standard InChI is InChI=1S/C7H6BrF2NO2/c1-13-5-3(8)2-4(6(9)10)11-7(5)12/h2,6H,1H3,(H,11,12). The summed E-state index contributed by atoms with van der Waals surface area (Å²) in [5.41, 5.74) is -1.11. The molecule has 0 saturated heterocycles. The average Bonchev–Trinajstić information content (AvgIpc) is 2.03. The van der Waals surface area contributed by atoms with Crippen molar-refractivity contribution in [2.75, 3.05) is 7.11 Å². The Hall–Kier alpha value is -0.910. The van der Waals surface area contributed by atoms with Gasteiger partial charge in [0.2, 0.25) is 0 Å². The molecule has 72 valence electrons. The number of rotatable bonds is 2. The van der Waals surface area contributed by atoms with Crippen LogP contribution < -0.4 is 10.3 Å². The highest BCUT2D eigenvalue weighted by Gasteiger charge is 2.13. The lowest BCUT2D eigenvalue weighted by Gasteiger charge is -2.04. The zero-order valence-corrected chi connectivity index (χ0v) is 8.19. The van der Waals surface area contributed by atoms with Crippen molar-refractivity contribution < 1.29 is 13.5 Å². The normalized spacial score (nSPS) is 10.5. The number of halogens is 3. The molecule has 0 fully saturated rings. The maximum absolute atomic E-state index is 12.1. The SMILES string of the molecule is COc1c(Br)cc(C(F)F)[nH]c1=O. The largest absolute Gasteiger partial charge is 0.490 e. The van der Waals surface area contributed by atoms with E-state index >= 15 is 0 Å². The zero-order chi connectivity index (χ0) is 10.0. The Morgan fingerprint density at radius 3 is 2.62 bits per heavy atom. The third-order valence-corrected chi connectivity index (χ3v) is 1.99. The summed E-state index contributed by atoms with van der Waals surface area (Å²) in [6.45, 7) is 0. The molecule has 3 nitrogen and oxygen atoms in total. The van der Waals surface area contributed by atoms with Crippen molar-refractivity contribution in [2.45, 2.75) is 6.43 Å². The van der Waals surface area contributed by atoms with Crippen LogP contribution in [0.2, 0.25) is 0 Å². The second kappa shape index (κ2) is 3.87. The van der Waals surface area contributed by atoms with Gasteiger partial charge in [0.05, 0.1) is 17.3 Å². The molecule has 0 saturated carbocycles. The molecule has 1 rings (SSSR count). The molecule has 0 radical (unpaired) electrons. The van der Waals surface area contributed by atoms with Crippen LogP contribution in [0.15, 0.2) is 15.3 Å². The van der Waals surface area contributed by atoms with Crippen LogP contribution in [0.25, 0.3) is 0 Å². The van der Waals surface area contributed by atoms with Gasteiger partial charge < -0.3 is 9.72 Å². The number of H-pyrrole nitrogens is 1. The van der Waals surface area contributed by atoms with Crippen LogP contribution in [0, 0.1) is 0 Å². The van der Waals surface area contributed by atoms with Gasteiger partial charge in [-0.25, -0.2) is 8.78 Å². The van der Waals surface area contributed by atoms with Gasteiger partial charge in [-0.05, 0) is 22.0 Å². The molecule has 1 aromatic rings. The topological polar surface area (TPSA) is 42.1 Å². The fraction of sp³-hybridized carbons (Fsp3) is 0.286. The number of alkyl halides is 2. The van der Waals surface area contributed by atoms with Gasteiger partial charge in [0, 0.05) is 0 Å². The molecule has 0 aliphatic rings. The van der Waals surface area contributed by atoms with Crippen LogP contribution in [0.5, 0.6) is 5.75 Å². The summed E-state index contributed by atoms with van der Waals surface area (Å²) in [7, 11) is 1.29. The summed E-state index contributed by atoms with van der Waals surface area (Å²) in [5, 5.41) is 0. The van der Waals surface area contributed by atoms with E-state index in [9.17, 15) is 13.6 Å². The molecule has 1 aromatic heterocycles. The predicted molar refractivity (Wildman–Crippen MR) is 46.3 cm³/mol. The Labute approximate surface area is 80.9 Å². The Morgan fingerprint density at radius 2 is 2.23 bits per heavy atom. The fourth-order valence-electron chi connectivity index (χ4n) is 0.842. The van der Waals surface area contributed by atoms with Crippen molar-refractivity contribution in [3.05, 3.63) is 26.6 Å². The number of hydrogen-bond donors (Lipinski definition) is 1. The minimum absolute atomic E-state index is 0.00981. The van der Waals surface area contributed by atoms with Crippen LogP contribution in [-0.4, -0.2) is 12.1 Å². The van der Waals surface area contributed by atoms with Crippen molar-refractivity contribution >= 4 is 15.9 Å². The van der Waals surface area contributed by atoms with Gasteiger partial charge in [0.25, 0.3) is 12.0 Å². The smallest absolute Gasteiger partial charge is 0.291 e. The summed E-state index contributed by atoms with van der Waals surface area (Å²) < 4.78 is 29.2. The number of hydrogen-bond acceptors (Lipinski definition) is 2. The Bertz CT molecular complexity index is 364. The third kappa shape index (κ3) is 2.06. The molecule has 0 spiro atoms. The molecule has 0 aliphatic carbocycles. The van der Waals surface area contributed by atoms with E-state index in [-0.39, 0.29) is 10.2 Å². The minimum Gasteiger partial charge on any atom is -0.490 e. The van der Waals surface area contributed by atoms with Gasteiger partial charge in [-0.2, -0.15) is 0 Å². The summed E-state index contributed by atoms with van der Waals surface area (Å²) in [5.74, 6) is -0.00981. The molecule has 0 amide bonds. The molecule has 6 heteroatoms. The van der Waals surface area contributed by atoms with Gasteiger partial charge in [0.1, 0.15) is 0 Å². The lowest BCUT2D eigenvalue weighted by molar-refractivity contribution is 0.145. The Morgan fingerprint density at radius 1 is 1.62 bits per heavy atom. The second-order valence-corrected chi connectivity index (χ2v) is 3.09. The molecule has 13 heavy (non-hydrogen) atoms. The monoisotopic (exact) mass is 253 g/mol. The molecule has 0 aromatic carbocycles. The van der Waals surface area contributed by atoms with E-state index in [4.69, 9.17) is 0 Å². The summed E-state index contributed by atoms with van der Waals surface area (Å²) in [6, 6.07) is 1.12. The quantitative estimate of drug-likeness (QED) is 0.877. The van der Waals surface area contributed by atoms with Gasteiger partial charge in [-0.15, -0.1) is 0 Å². The molecule has 0 aliphatic heterocycles. The molecule has 0 atom stereocenters. The van der Waals surface area contributed by atoms with E-state index in [0.717, 1.165) is 6.07 Å². The minimum atomic E-state index is -2.70. The number of aromatic nitrogens is 1. The molecular formula is C7H6BrF2NO2. The van der Waals surface area contributed by atoms with Crippen LogP contribution in [0.1, 0.15) is 12.1 Å². The highest BCUT2D eigenvalue weighted by atomic mass is 79.9.